The molecule has 0 atom stereocenters. The number of nitrogens with zero attached hydrogens (tertiary/aromatic N) is 1. The molecular formula is C12H20N2O. The van der Waals surface area contributed by atoms with E-state index < -0.39 is 0 Å². The van der Waals surface area contributed by atoms with Gasteiger partial charge < -0.3 is 10.2 Å². The highest BCUT2D eigenvalue weighted by molar-refractivity contribution is 5.83. The second-order valence-corrected chi connectivity index (χ2v) is 5.25. The molecular weight excluding hydrogens is 188 g/mol. The maximum atomic E-state index is 11.6. The summed E-state index contributed by atoms with van der Waals surface area (Å²) in [6, 6.07) is 0. The summed E-state index contributed by atoms with van der Waals surface area (Å²) < 4.78 is 0. The van der Waals surface area contributed by atoms with E-state index in [2.05, 4.69) is 30.1 Å². The fraction of sp³-hybridized carbons (Fsp3) is 0.750. The molecule has 0 unspecified atom stereocenters. The van der Waals surface area contributed by atoms with Crippen molar-refractivity contribution < 1.29 is 4.79 Å². The Hall–Kier alpha value is -0.830. The van der Waals surface area contributed by atoms with Gasteiger partial charge in [-0.25, -0.2) is 0 Å². The summed E-state index contributed by atoms with van der Waals surface area (Å²) >= 11 is 0. The number of carbonyl (C=O) groups excluding carboxylic acids is 1. The monoisotopic (exact) mass is 208 g/mol. The molecule has 3 heteroatoms. The Morgan fingerprint density at radius 1 is 1.33 bits per heavy atom. The van der Waals surface area contributed by atoms with E-state index in [0.717, 1.165) is 26.2 Å². The van der Waals surface area contributed by atoms with Gasteiger partial charge in [0, 0.05) is 44.7 Å². The van der Waals surface area contributed by atoms with Crippen molar-refractivity contribution in [3.8, 4) is 0 Å². The molecule has 3 nitrogen and oxygen atoms in total. The van der Waals surface area contributed by atoms with Crippen molar-refractivity contribution in [1.29, 1.82) is 0 Å². The smallest absolute Gasteiger partial charge is 0.139 e. The summed E-state index contributed by atoms with van der Waals surface area (Å²) in [5.41, 5.74) is 1.30. The van der Waals surface area contributed by atoms with Gasteiger partial charge in [-0.05, 0) is 5.41 Å². The maximum Gasteiger partial charge on any atom is 0.139 e. The first kappa shape index (κ1) is 10.7. The summed E-state index contributed by atoms with van der Waals surface area (Å²) in [5.74, 6) is 0.385. The normalized spacial score (nSPS) is 26.4. The van der Waals surface area contributed by atoms with Gasteiger partial charge >= 0.3 is 0 Å². The third kappa shape index (κ3) is 2.59. The van der Waals surface area contributed by atoms with Crippen LogP contribution in [0.4, 0.5) is 0 Å². The fourth-order valence-corrected chi connectivity index (χ4v) is 2.48. The average molecular weight is 208 g/mol. The van der Waals surface area contributed by atoms with Crippen LogP contribution < -0.4 is 5.32 Å². The van der Waals surface area contributed by atoms with Crippen LogP contribution in [0.1, 0.15) is 26.7 Å². The minimum absolute atomic E-state index is 0.0511. The van der Waals surface area contributed by atoms with E-state index in [4.69, 9.17) is 0 Å². The maximum absolute atomic E-state index is 11.6. The van der Waals surface area contributed by atoms with Crippen LogP contribution in [0.5, 0.6) is 0 Å². The largest absolute Gasteiger partial charge is 0.372 e. The lowest BCUT2D eigenvalue weighted by Crippen LogP contribution is -2.44. The van der Waals surface area contributed by atoms with Crippen molar-refractivity contribution in [2.45, 2.75) is 26.7 Å². The van der Waals surface area contributed by atoms with E-state index in [-0.39, 0.29) is 5.41 Å². The molecule has 0 amide bonds. The first-order chi connectivity index (χ1) is 7.07. The molecule has 0 aromatic heterocycles. The molecule has 0 spiro atoms. The van der Waals surface area contributed by atoms with E-state index >= 15 is 0 Å². The molecule has 84 valence electrons. The lowest BCUT2D eigenvalue weighted by atomic mass is 9.80. The van der Waals surface area contributed by atoms with Gasteiger partial charge in [-0.15, -0.1) is 0 Å². The van der Waals surface area contributed by atoms with Crippen LogP contribution in [-0.4, -0.2) is 36.9 Å². The van der Waals surface area contributed by atoms with Gasteiger partial charge in [0.25, 0.3) is 0 Å². The number of ketones is 1. The number of piperazine rings is 1. The van der Waals surface area contributed by atoms with Crippen LogP contribution in [0.25, 0.3) is 0 Å². The Morgan fingerprint density at radius 3 is 2.60 bits per heavy atom. The highest BCUT2D eigenvalue weighted by Crippen LogP contribution is 2.32. The Labute approximate surface area is 91.5 Å². The summed E-state index contributed by atoms with van der Waals surface area (Å²) in [4.78, 5) is 14.0. The molecule has 2 rings (SSSR count). The molecule has 2 aliphatic rings. The molecule has 1 fully saturated rings. The Bertz CT molecular complexity index is 288. The predicted octanol–water partition coefficient (Wildman–Crippen LogP) is 1.16. The highest BCUT2D eigenvalue weighted by Gasteiger charge is 2.28. The van der Waals surface area contributed by atoms with Crippen LogP contribution in [0.2, 0.25) is 0 Å². The average Bonchev–Trinajstić information content (AvgIpc) is 2.16. The minimum Gasteiger partial charge on any atom is -0.372 e. The number of hydrogen-bond acceptors (Lipinski definition) is 3. The van der Waals surface area contributed by atoms with Gasteiger partial charge in [-0.1, -0.05) is 19.9 Å². The van der Waals surface area contributed by atoms with Gasteiger partial charge in [0.05, 0.1) is 0 Å². The second kappa shape index (κ2) is 3.97. The molecule has 0 aromatic rings. The zero-order chi connectivity index (χ0) is 10.9. The Kier molecular flexibility index (Phi) is 2.83. The Balaban J connectivity index is 2.12. The number of nitrogens with one attached hydrogen (secondary N) is 1. The van der Waals surface area contributed by atoms with E-state index in [1.807, 2.05) is 0 Å². The van der Waals surface area contributed by atoms with Crippen LogP contribution in [0.3, 0.4) is 0 Å². The summed E-state index contributed by atoms with van der Waals surface area (Å²) in [7, 11) is 0. The van der Waals surface area contributed by atoms with Crippen LogP contribution in [0, 0.1) is 5.41 Å². The van der Waals surface area contributed by atoms with Crippen molar-refractivity contribution in [1.82, 2.24) is 10.2 Å². The molecule has 1 heterocycles. The van der Waals surface area contributed by atoms with Gasteiger partial charge in [0.2, 0.25) is 0 Å². The van der Waals surface area contributed by atoms with Gasteiger partial charge in [0.15, 0.2) is 0 Å². The highest BCUT2D eigenvalue weighted by atomic mass is 16.1. The van der Waals surface area contributed by atoms with Crippen molar-refractivity contribution in [2.75, 3.05) is 26.2 Å². The van der Waals surface area contributed by atoms with E-state index in [1.165, 1.54) is 5.70 Å². The summed E-state index contributed by atoms with van der Waals surface area (Å²) in [6.07, 6.45) is 3.63. The molecule has 1 aliphatic carbocycles. The van der Waals surface area contributed by atoms with Crippen LogP contribution in [0.15, 0.2) is 11.8 Å². The van der Waals surface area contributed by atoms with E-state index in [0.29, 0.717) is 18.6 Å². The lowest BCUT2D eigenvalue weighted by molar-refractivity contribution is -0.120. The molecule has 1 aliphatic heterocycles. The van der Waals surface area contributed by atoms with Crippen molar-refractivity contribution in [3.63, 3.8) is 0 Å². The quantitative estimate of drug-likeness (QED) is 0.702. The fourth-order valence-electron chi connectivity index (χ4n) is 2.48. The molecule has 0 bridgehead atoms. The Morgan fingerprint density at radius 2 is 2.00 bits per heavy atom. The molecule has 1 N–H and O–H groups in total. The molecule has 0 saturated carbocycles. The van der Waals surface area contributed by atoms with Crippen LogP contribution >= 0.6 is 0 Å². The third-order valence-electron chi connectivity index (χ3n) is 3.11. The number of Topliss-reactive ketones (excluding diaryl/α,β-unsaturated/α-hetero) is 1. The van der Waals surface area contributed by atoms with Crippen molar-refractivity contribution in [2.24, 2.45) is 5.41 Å². The molecule has 0 radical (unpaired) electrons. The summed E-state index contributed by atoms with van der Waals surface area (Å²) in [5, 5.41) is 3.33. The van der Waals surface area contributed by atoms with E-state index in [1.54, 1.807) is 0 Å². The molecule has 0 aromatic carbocycles. The summed E-state index contributed by atoms with van der Waals surface area (Å²) in [6.45, 7) is 8.43. The van der Waals surface area contributed by atoms with Crippen molar-refractivity contribution in [3.05, 3.63) is 11.8 Å². The van der Waals surface area contributed by atoms with Crippen molar-refractivity contribution >= 4 is 5.78 Å². The van der Waals surface area contributed by atoms with E-state index in [9.17, 15) is 4.79 Å². The van der Waals surface area contributed by atoms with Gasteiger partial charge in [-0.3, -0.25) is 4.79 Å². The first-order valence-electron chi connectivity index (χ1n) is 5.76. The second-order valence-electron chi connectivity index (χ2n) is 5.25. The number of hydrogen-bond donors (Lipinski definition) is 1. The predicted molar refractivity (Wildman–Crippen MR) is 60.5 cm³/mol. The zero-order valence-corrected chi connectivity index (χ0v) is 9.68. The number of rotatable bonds is 1. The SMILES string of the molecule is CC1(C)C=C(N2CCNCC2)CC(=O)C1. The van der Waals surface area contributed by atoms with Gasteiger partial charge in [0.1, 0.15) is 5.78 Å². The number of carbonyl (C=O) groups is 1. The zero-order valence-electron chi connectivity index (χ0n) is 9.68. The first-order valence-corrected chi connectivity index (χ1v) is 5.76. The molecule has 1 saturated heterocycles. The third-order valence-corrected chi connectivity index (χ3v) is 3.11. The molecule has 15 heavy (non-hydrogen) atoms. The topological polar surface area (TPSA) is 32.3 Å². The minimum atomic E-state index is 0.0511. The lowest BCUT2D eigenvalue weighted by Gasteiger charge is -2.36. The number of allylic oxidation sites excluding steroid dienone is 2. The standard InChI is InChI=1S/C12H20N2O/c1-12(2)8-10(7-11(15)9-12)14-5-3-13-4-6-14/h8,13H,3-7,9H2,1-2H3. The van der Waals surface area contributed by atoms with Crippen LogP contribution in [-0.2, 0) is 4.79 Å². The van der Waals surface area contributed by atoms with Gasteiger partial charge in [-0.2, -0.15) is 0 Å².